The molecule has 1 fully saturated rings. The van der Waals surface area contributed by atoms with Crippen molar-refractivity contribution in [1.29, 1.82) is 0 Å². The van der Waals surface area contributed by atoms with Crippen LogP contribution in [0, 0.1) is 0 Å². The van der Waals surface area contributed by atoms with Gasteiger partial charge in [0.2, 0.25) is 11.8 Å². The number of imide groups is 1. The molecule has 1 aromatic rings. The van der Waals surface area contributed by atoms with E-state index in [1.165, 1.54) is 0 Å². The fourth-order valence-corrected chi connectivity index (χ4v) is 1.71. The molecule has 0 aliphatic carbocycles. The normalized spacial score (nSPS) is 20.7. The first-order valence-corrected chi connectivity index (χ1v) is 5.10. The van der Waals surface area contributed by atoms with Crippen LogP contribution in [-0.2, 0) is 16.2 Å². The molecule has 0 radical (unpaired) electrons. The van der Waals surface area contributed by atoms with E-state index in [0.717, 1.165) is 0 Å². The van der Waals surface area contributed by atoms with Crippen LogP contribution < -0.4 is 5.32 Å². The first-order valence-electron chi connectivity index (χ1n) is 5.10. The standard InChI is InChI=1S/C11H12N2O3/c14-6-7-1-3-9(12-5-7)8-2-4-10(15)13-11(8)16/h1,3,5,8,14H,2,4,6H2,(H,13,15,16). The Morgan fingerprint density at radius 2 is 2.25 bits per heavy atom. The molecule has 1 atom stereocenters. The molecule has 2 N–H and O–H groups in total. The number of nitrogens with zero attached hydrogens (tertiary/aromatic N) is 1. The quantitative estimate of drug-likeness (QED) is 0.692. The lowest BCUT2D eigenvalue weighted by molar-refractivity contribution is -0.134. The topological polar surface area (TPSA) is 79.3 Å². The van der Waals surface area contributed by atoms with Gasteiger partial charge in [-0.2, -0.15) is 0 Å². The minimum Gasteiger partial charge on any atom is -0.392 e. The van der Waals surface area contributed by atoms with Crippen LogP contribution in [0.3, 0.4) is 0 Å². The van der Waals surface area contributed by atoms with E-state index in [4.69, 9.17) is 5.11 Å². The van der Waals surface area contributed by atoms with Gasteiger partial charge in [0.1, 0.15) is 0 Å². The molecule has 2 heterocycles. The molecule has 0 saturated carbocycles. The van der Waals surface area contributed by atoms with Crippen molar-refractivity contribution in [1.82, 2.24) is 10.3 Å². The SMILES string of the molecule is O=C1CCC(c2ccc(CO)cn2)C(=O)N1. The number of hydrogen-bond acceptors (Lipinski definition) is 4. The van der Waals surface area contributed by atoms with E-state index >= 15 is 0 Å². The molecule has 5 nitrogen and oxygen atoms in total. The van der Waals surface area contributed by atoms with Crippen molar-refractivity contribution in [3.05, 3.63) is 29.6 Å². The number of amides is 2. The van der Waals surface area contributed by atoms with Gasteiger partial charge in [0, 0.05) is 12.6 Å². The van der Waals surface area contributed by atoms with Crippen LogP contribution in [0.1, 0.15) is 30.0 Å². The maximum Gasteiger partial charge on any atom is 0.235 e. The molecule has 5 heteroatoms. The van der Waals surface area contributed by atoms with Gasteiger partial charge in [0.15, 0.2) is 0 Å². The van der Waals surface area contributed by atoms with Crippen molar-refractivity contribution in [2.45, 2.75) is 25.4 Å². The van der Waals surface area contributed by atoms with Crippen molar-refractivity contribution in [2.24, 2.45) is 0 Å². The summed E-state index contributed by atoms with van der Waals surface area (Å²) in [6.07, 6.45) is 2.38. The van der Waals surface area contributed by atoms with E-state index in [9.17, 15) is 9.59 Å². The maximum absolute atomic E-state index is 11.5. The van der Waals surface area contributed by atoms with Crippen LogP contribution in [0.15, 0.2) is 18.3 Å². The van der Waals surface area contributed by atoms with Crippen molar-refractivity contribution in [2.75, 3.05) is 0 Å². The highest BCUT2D eigenvalue weighted by atomic mass is 16.3. The van der Waals surface area contributed by atoms with Gasteiger partial charge < -0.3 is 5.11 Å². The second-order valence-electron chi connectivity index (χ2n) is 3.75. The van der Waals surface area contributed by atoms with Gasteiger partial charge >= 0.3 is 0 Å². The smallest absolute Gasteiger partial charge is 0.235 e. The summed E-state index contributed by atoms with van der Waals surface area (Å²) in [5, 5.41) is 11.2. The number of carbonyl (C=O) groups is 2. The van der Waals surface area contributed by atoms with E-state index in [-0.39, 0.29) is 24.3 Å². The Morgan fingerprint density at radius 1 is 1.44 bits per heavy atom. The summed E-state index contributed by atoms with van der Waals surface area (Å²) >= 11 is 0. The van der Waals surface area contributed by atoms with Gasteiger partial charge in [-0.25, -0.2) is 0 Å². The molecule has 1 unspecified atom stereocenters. The van der Waals surface area contributed by atoms with Crippen molar-refractivity contribution >= 4 is 11.8 Å². The average molecular weight is 220 g/mol. The lowest BCUT2D eigenvalue weighted by atomic mass is 9.94. The zero-order valence-electron chi connectivity index (χ0n) is 8.64. The highest BCUT2D eigenvalue weighted by molar-refractivity contribution is 6.00. The minimum atomic E-state index is -0.356. The second-order valence-corrected chi connectivity index (χ2v) is 3.75. The summed E-state index contributed by atoms with van der Waals surface area (Å²) in [7, 11) is 0. The highest BCUT2D eigenvalue weighted by Crippen LogP contribution is 2.22. The maximum atomic E-state index is 11.5. The third kappa shape index (κ3) is 2.09. The number of aromatic nitrogens is 1. The predicted octanol–water partition coefficient (Wildman–Crippen LogP) is 0.0941. The van der Waals surface area contributed by atoms with E-state index in [0.29, 0.717) is 24.1 Å². The Kier molecular flexibility index (Phi) is 2.96. The molecule has 1 aliphatic heterocycles. The molecule has 0 spiro atoms. The Morgan fingerprint density at radius 3 is 2.81 bits per heavy atom. The van der Waals surface area contributed by atoms with Crippen LogP contribution in [0.4, 0.5) is 0 Å². The average Bonchev–Trinajstić information content (AvgIpc) is 2.29. The van der Waals surface area contributed by atoms with Crippen LogP contribution in [0.2, 0.25) is 0 Å². The number of aliphatic hydroxyl groups excluding tert-OH is 1. The summed E-state index contributed by atoms with van der Waals surface area (Å²) in [5.74, 6) is -0.876. The number of hydrogen-bond donors (Lipinski definition) is 2. The molecule has 2 amide bonds. The van der Waals surface area contributed by atoms with Gasteiger partial charge in [-0.1, -0.05) is 6.07 Å². The van der Waals surface area contributed by atoms with E-state index in [1.54, 1.807) is 18.3 Å². The number of nitrogens with one attached hydrogen (secondary N) is 1. The largest absolute Gasteiger partial charge is 0.392 e. The van der Waals surface area contributed by atoms with Gasteiger partial charge in [-0.05, 0) is 18.1 Å². The molecule has 1 aromatic heterocycles. The monoisotopic (exact) mass is 220 g/mol. The highest BCUT2D eigenvalue weighted by Gasteiger charge is 2.28. The Labute approximate surface area is 92.5 Å². The number of carbonyl (C=O) groups excluding carboxylic acids is 2. The van der Waals surface area contributed by atoms with E-state index < -0.39 is 0 Å². The number of aliphatic hydroxyl groups is 1. The zero-order valence-corrected chi connectivity index (χ0v) is 8.64. The first kappa shape index (κ1) is 10.8. The fourth-order valence-electron chi connectivity index (χ4n) is 1.71. The summed E-state index contributed by atoms with van der Waals surface area (Å²) in [6, 6.07) is 3.44. The summed E-state index contributed by atoms with van der Waals surface area (Å²) < 4.78 is 0. The molecule has 1 aliphatic rings. The molecule has 2 rings (SSSR count). The predicted molar refractivity (Wildman–Crippen MR) is 55.3 cm³/mol. The summed E-state index contributed by atoms with van der Waals surface area (Å²) in [5.41, 5.74) is 1.35. The summed E-state index contributed by atoms with van der Waals surface area (Å²) in [6.45, 7) is -0.0668. The number of pyridine rings is 1. The van der Waals surface area contributed by atoms with Crippen molar-refractivity contribution in [3.8, 4) is 0 Å². The first-order chi connectivity index (χ1) is 7.70. The van der Waals surface area contributed by atoms with Crippen molar-refractivity contribution in [3.63, 3.8) is 0 Å². The van der Waals surface area contributed by atoms with Gasteiger partial charge in [-0.3, -0.25) is 19.9 Å². The van der Waals surface area contributed by atoms with E-state index in [1.807, 2.05) is 0 Å². The number of piperidine rings is 1. The molecule has 84 valence electrons. The Balaban J connectivity index is 2.17. The molecule has 1 saturated heterocycles. The molecule has 0 aromatic carbocycles. The molecule has 16 heavy (non-hydrogen) atoms. The van der Waals surface area contributed by atoms with Crippen LogP contribution in [0.25, 0.3) is 0 Å². The summed E-state index contributed by atoms with van der Waals surface area (Å²) in [4.78, 5) is 26.6. The van der Waals surface area contributed by atoms with E-state index in [2.05, 4.69) is 10.3 Å². The van der Waals surface area contributed by atoms with Gasteiger partial charge in [-0.15, -0.1) is 0 Å². The zero-order chi connectivity index (χ0) is 11.5. The molecule has 0 bridgehead atoms. The third-order valence-corrected chi connectivity index (χ3v) is 2.63. The third-order valence-electron chi connectivity index (χ3n) is 2.63. The lowest BCUT2D eigenvalue weighted by Crippen LogP contribution is -2.39. The van der Waals surface area contributed by atoms with Crippen molar-refractivity contribution < 1.29 is 14.7 Å². The second kappa shape index (κ2) is 4.40. The molecular formula is C11H12N2O3. The van der Waals surface area contributed by atoms with Crippen LogP contribution in [0.5, 0.6) is 0 Å². The van der Waals surface area contributed by atoms with Crippen LogP contribution in [-0.4, -0.2) is 21.9 Å². The Bertz CT molecular complexity index is 414. The Hall–Kier alpha value is -1.75. The fraction of sp³-hybridized carbons (Fsp3) is 0.364. The van der Waals surface area contributed by atoms with Crippen LogP contribution >= 0.6 is 0 Å². The minimum absolute atomic E-state index is 0.0668. The number of rotatable bonds is 2. The molecular weight excluding hydrogens is 208 g/mol. The lowest BCUT2D eigenvalue weighted by Gasteiger charge is -2.20. The van der Waals surface area contributed by atoms with Gasteiger partial charge in [0.25, 0.3) is 0 Å². The van der Waals surface area contributed by atoms with Gasteiger partial charge in [0.05, 0.1) is 18.2 Å².